The highest BCUT2D eigenvalue weighted by Gasteiger charge is 2.58. The lowest BCUT2D eigenvalue weighted by Crippen LogP contribution is -2.44. The summed E-state index contributed by atoms with van der Waals surface area (Å²) in [6.07, 6.45) is -0.960. The summed E-state index contributed by atoms with van der Waals surface area (Å²) in [5.41, 5.74) is 4.72. The number of ether oxygens (including phenoxy) is 6. The molecule has 3 saturated heterocycles. The Balaban J connectivity index is 1.11. The van der Waals surface area contributed by atoms with Gasteiger partial charge in [0.2, 0.25) is 0 Å². The lowest BCUT2D eigenvalue weighted by Gasteiger charge is -2.29. The average molecular weight is 520 g/mol. The van der Waals surface area contributed by atoms with E-state index in [0.29, 0.717) is 13.2 Å². The second-order valence-electron chi connectivity index (χ2n) is 11.2. The van der Waals surface area contributed by atoms with Crippen molar-refractivity contribution in [3.05, 3.63) is 48.5 Å². The van der Waals surface area contributed by atoms with Crippen molar-refractivity contribution < 1.29 is 28.4 Å². The minimum Gasteiger partial charge on any atom is -0.372 e. The quantitative estimate of drug-likeness (QED) is 0.343. The summed E-state index contributed by atoms with van der Waals surface area (Å²) in [5.74, 6) is -1.38. The van der Waals surface area contributed by atoms with Crippen molar-refractivity contribution in [1.29, 1.82) is 0 Å². The molecule has 38 heavy (non-hydrogen) atoms. The van der Waals surface area contributed by atoms with Crippen LogP contribution in [0.1, 0.15) is 34.1 Å². The van der Waals surface area contributed by atoms with Crippen molar-refractivity contribution in [3.63, 3.8) is 0 Å². The van der Waals surface area contributed by atoms with E-state index in [1.807, 2.05) is 58.0 Å². The van der Waals surface area contributed by atoms with Gasteiger partial charge in [0, 0.05) is 18.5 Å². The van der Waals surface area contributed by atoms with E-state index in [9.17, 15) is 0 Å². The third-order valence-electron chi connectivity index (χ3n) is 7.52. The number of benzene rings is 2. The van der Waals surface area contributed by atoms with Crippen molar-refractivity contribution in [2.45, 2.75) is 82.9 Å². The molecule has 0 spiro atoms. The molecule has 0 saturated carbocycles. The Morgan fingerprint density at radius 3 is 2.45 bits per heavy atom. The molecule has 2 aromatic heterocycles. The van der Waals surface area contributed by atoms with Gasteiger partial charge in [-0.15, -0.1) is 0 Å². The average Bonchev–Trinajstić information content (AvgIpc) is 3.59. The minimum absolute atomic E-state index is 0.253. The number of aromatic nitrogens is 3. The van der Waals surface area contributed by atoms with Crippen LogP contribution < -0.4 is 0 Å². The summed E-state index contributed by atoms with van der Waals surface area (Å²) < 4.78 is 39.1. The highest BCUT2D eigenvalue weighted by atomic mass is 16.8. The molecule has 3 fully saturated rings. The lowest BCUT2D eigenvalue weighted by molar-refractivity contribution is -0.236. The molecule has 0 N–H and O–H groups in total. The van der Waals surface area contributed by atoms with E-state index < -0.39 is 17.9 Å². The van der Waals surface area contributed by atoms with E-state index in [1.165, 1.54) is 0 Å². The molecule has 1 unspecified atom stereocenters. The first-order valence-corrected chi connectivity index (χ1v) is 13.4. The monoisotopic (exact) mass is 519 g/mol. The molecule has 9 heteroatoms. The molecule has 0 amide bonds. The minimum atomic E-state index is -0.724. The fourth-order valence-electron chi connectivity index (χ4n) is 5.92. The van der Waals surface area contributed by atoms with E-state index >= 15 is 0 Å². The third kappa shape index (κ3) is 4.18. The van der Waals surface area contributed by atoms with Crippen molar-refractivity contribution >= 4 is 33.1 Å². The Morgan fingerprint density at radius 1 is 0.895 bits per heavy atom. The van der Waals surface area contributed by atoms with E-state index in [2.05, 4.69) is 22.8 Å². The van der Waals surface area contributed by atoms with E-state index in [-0.39, 0.29) is 24.4 Å². The second kappa shape index (κ2) is 8.94. The predicted molar refractivity (Wildman–Crippen MR) is 140 cm³/mol. The van der Waals surface area contributed by atoms with Crippen LogP contribution in [0, 0.1) is 0 Å². The smallest absolute Gasteiger partial charge is 0.190 e. The van der Waals surface area contributed by atoms with Crippen LogP contribution in [-0.2, 0) is 35.0 Å². The van der Waals surface area contributed by atoms with Crippen LogP contribution in [0.15, 0.2) is 48.5 Å². The zero-order valence-electron chi connectivity index (χ0n) is 22.1. The SMILES string of the molecule is CC1(C)OCC([C@H]2O[C@@H]3OC(C)(C)O[C@@H]3[C@H]2OCCCn2c3ccccc3c3nc4ccccc4nc32)O1. The molecule has 5 atom stereocenters. The fourth-order valence-corrected chi connectivity index (χ4v) is 5.92. The van der Waals surface area contributed by atoms with E-state index in [0.717, 1.165) is 46.1 Å². The number of hydrogen-bond acceptors (Lipinski definition) is 8. The molecule has 9 nitrogen and oxygen atoms in total. The number of fused-ring (bicyclic) bond motifs is 5. The van der Waals surface area contributed by atoms with Crippen LogP contribution in [0.3, 0.4) is 0 Å². The van der Waals surface area contributed by atoms with E-state index in [1.54, 1.807) is 0 Å². The summed E-state index contributed by atoms with van der Waals surface area (Å²) in [6.45, 7) is 9.30. The second-order valence-corrected chi connectivity index (χ2v) is 11.2. The fraction of sp³-hybridized carbons (Fsp3) is 0.517. The first-order chi connectivity index (χ1) is 18.3. The molecular formula is C29H33N3O6. The number of hydrogen-bond donors (Lipinski definition) is 0. The summed E-state index contributed by atoms with van der Waals surface area (Å²) in [7, 11) is 0. The van der Waals surface area contributed by atoms with Gasteiger partial charge in [-0.3, -0.25) is 0 Å². The van der Waals surface area contributed by atoms with Crippen molar-refractivity contribution in [2.75, 3.05) is 13.2 Å². The summed E-state index contributed by atoms with van der Waals surface area (Å²) in [5, 5.41) is 1.11. The first kappa shape index (κ1) is 24.4. The van der Waals surface area contributed by atoms with Gasteiger partial charge in [-0.05, 0) is 52.3 Å². The zero-order valence-corrected chi connectivity index (χ0v) is 22.1. The van der Waals surface area contributed by atoms with Crippen molar-refractivity contribution in [2.24, 2.45) is 0 Å². The van der Waals surface area contributed by atoms with Crippen molar-refractivity contribution in [3.8, 4) is 0 Å². The lowest BCUT2D eigenvalue weighted by atomic mass is 10.1. The Morgan fingerprint density at radius 2 is 1.66 bits per heavy atom. The van der Waals surface area contributed by atoms with Gasteiger partial charge in [0.05, 0.1) is 23.2 Å². The molecule has 2 aromatic carbocycles. The van der Waals surface area contributed by atoms with Gasteiger partial charge in [-0.25, -0.2) is 9.97 Å². The highest BCUT2D eigenvalue weighted by molar-refractivity contribution is 6.06. The van der Waals surface area contributed by atoms with Crippen LogP contribution in [0.25, 0.3) is 33.1 Å². The molecule has 3 aliphatic rings. The van der Waals surface area contributed by atoms with Crippen LogP contribution >= 0.6 is 0 Å². The molecular weight excluding hydrogens is 486 g/mol. The molecule has 0 aliphatic carbocycles. The molecule has 5 heterocycles. The molecule has 4 aromatic rings. The van der Waals surface area contributed by atoms with Gasteiger partial charge < -0.3 is 33.0 Å². The van der Waals surface area contributed by atoms with Crippen LogP contribution in [0.2, 0.25) is 0 Å². The topological polar surface area (TPSA) is 86.1 Å². The maximum atomic E-state index is 6.48. The van der Waals surface area contributed by atoms with Crippen LogP contribution in [0.5, 0.6) is 0 Å². The van der Waals surface area contributed by atoms with Crippen LogP contribution in [-0.4, -0.2) is 70.0 Å². The first-order valence-electron chi connectivity index (χ1n) is 13.4. The van der Waals surface area contributed by atoms with Crippen molar-refractivity contribution in [1.82, 2.24) is 14.5 Å². The Bertz CT molecular complexity index is 1500. The highest BCUT2D eigenvalue weighted by Crippen LogP contribution is 2.42. The molecule has 0 radical (unpaired) electrons. The largest absolute Gasteiger partial charge is 0.372 e. The Labute approximate surface area is 220 Å². The number of nitrogens with zero attached hydrogens (tertiary/aromatic N) is 3. The molecule has 7 rings (SSSR count). The maximum absolute atomic E-state index is 6.48. The Hall–Kier alpha value is -2.66. The zero-order chi connectivity index (χ0) is 26.1. The Kier molecular flexibility index (Phi) is 5.74. The molecule has 200 valence electrons. The maximum Gasteiger partial charge on any atom is 0.190 e. The summed E-state index contributed by atoms with van der Waals surface area (Å²) in [4.78, 5) is 9.93. The van der Waals surface area contributed by atoms with E-state index in [4.69, 9.17) is 38.4 Å². The van der Waals surface area contributed by atoms with Gasteiger partial charge in [0.25, 0.3) is 0 Å². The molecule has 3 aliphatic heterocycles. The van der Waals surface area contributed by atoms with Gasteiger partial charge in [-0.1, -0.05) is 30.3 Å². The standard InChI is InChI=1S/C29H33N3O6/c1-28(2)34-16-21(36-28)23-24(25-27(35-23)38-29(3,4)37-25)33-15-9-14-32-20-13-8-5-10-17(20)22-26(32)31-19-12-7-6-11-18(19)30-22/h5-8,10-13,21,23-25,27H,9,14-16H2,1-4H3/t21?,23-,24+,25-,27-/m1/s1. The number of rotatable bonds is 6. The molecule has 0 bridgehead atoms. The van der Waals surface area contributed by atoms with Gasteiger partial charge in [0.15, 0.2) is 23.5 Å². The predicted octanol–water partition coefficient (Wildman–Crippen LogP) is 4.54. The van der Waals surface area contributed by atoms with Gasteiger partial charge in [0.1, 0.15) is 29.9 Å². The van der Waals surface area contributed by atoms with Crippen LogP contribution in [0.4, 0.5) is 0 Å². The number of aryl methyl sites for hydroxylation is 1. The van der Waals surface area contributed by atoms with Gasteiger partial charge >= 0.3 is 0 Å². The summed E-state index contributed by atoms with van der Waals surface area (Å²) >= 11 is 0. The normalized spacial score (nSPS) is 30.1. The van der Waals surface area contributed by atoms with Gasteiger partial charge in [-0.2, -0.15) is 0 Å². The number of para-hydroxylation sites is 3. The third-order valence-corrected chi connectivity index (χ3v) is 7.52. The summed E-state index contributed by atoms with van der Waals surface area (Å²) in [6, 6.07) is 16.3.